The standard InChI is InChI=1S/C24H28N4O/c1-19-17-23(28-15-7-2-3-8-16-28)27-24(25-19)26-21-11-13-22(14-12-21)29-18-20-9-5-4-6-10-20/h4-6,9-14,17H,2-3,7-8,15-16,18H2,1H3,(H,25,26,27). The van der Waals surface area contributed by atoms with Crippen molar-refractivity contribution >= 4 is 17.5 Å². The maximum Gasteiger partial charge on any atom is 0.229 e. The van der Waals surface area contributed by atoms with Gasteiger partial charge in [-0.05, 0) is 49.6 Å². The molecule has 1 aliphatic heterocycles. The molecule has 2 heterocycles. The third kappa shape index (κ3) is 5.47. The van der Waals surface area contributed by atoms with Crippen molar-refractivity contribution in [1.82, 2.24) is 9.97 Å². The van der Waals surface area contributed by atoms with E-state index in [0.717, 1.165) is 41.6 Å². The van der Waals surface area contributed by atoms with Crippen molar-refractivity contribution in [3.05, 3.63) is 71.9 Å². The molecule has 1 aromatic heterocycles. The molecule has 3 aromatic rings. The lowest BCUT2D eigenvalue weighted by molar-refractivity contribution is 0.306. The van der Waals surface area contributed by atoms with E-state index in [1.807, 2.05) is 49.4 Å². The molecule has 4 rings (SSSR count). The van der Waals surface area contributed by atoms with Crippen LogP contribution in [0.1, 0.15) is 36.9 Å². The number of anilines is 3. The average Bonchev–Trinajstić information content (AvgIpc) is 3.03. The molecule has 1 N–H and O–H groups in total. The number of rotatable bonds is 6. The molecule has 29 heavy (non-hydrogen) atoms. The number of nitrogens with one attached hydrogen (secondary N) is 1. The van der Waals surface area contributed by atoms with Gasteiger partial charge in [-0.15, -0.1) is 0 Å². The van der Waals surface area contributed by atoms with Crippen LogP contribution in [0.3, 0.4) is 0 Å². The van der Waals surface area contributed by atoms with Gasteiger partial charge in [0.2, 0.25) is 5.95 Å². The van der Waals surface area contributed by atoms with Crippen molar-refractivity contribution in [3.63, 3.8) is 0 Å². The third-order valence-electron chi connectivity index (χ3n) is 5.13. The van der Waals surface area contributed by atoms with E-state index in [9.17, 15) is 0 Å². The van der Waals surface area contributed by atoms with E-state index >= 15 is 0 Å². The lowest BCUT2D eigenvalue weighted by atomic mass is 10.2. The summed E-state index contributed by atoms with van der Waals surface area (Å²) in [6.07, 6.45) is 5.08. The van der Waals surface area contributed by atoms with Crippen molar-refractivity contribution in [2.45, 2.75) is 39.2 Å². The zero-order chi connectivity index (χ0) is 19.9. The molecule has 0 spiro atoms. The average molecular weight is 389 g/mol. The molecule has 150 valence electrons. The number of nitrogens with zero attached hydrogens (tertiary/aromatic N) is 3. The first-order chi connectivity index (χ1) is 14.3. The molecule has 1 saturated heterocycles. The minimum atomic E-state index is 0.563. The molecular formula is C24H28N4O. The van der Waals surface area contributed by atoms with Crippen molar-refractivity contribution in [1.29, 1.82) is 0 Å². The molecule has 2 aromatic carbocycles. The number of hydrogen-bond acceptors (Lipinski definition) is 5. The Morgan fingerprint density at radius 1 is 0.897 bits per heavy atom. The second-order valence-corrected chi connectivity index (χ2v) is 7.52. The molecule has 0 unspecified atom stereocenters. The third-order valence-corrected chi connectivity index (χ3v) is 5.13. The Balaban J connectivity index is 1.40. The van der Waals surface area contributed by atoms with Gasteiger partial charge in [-0.25, -0.2) is 4.98 Å². The molecule has 1 aliphatic rings. The molecule has 0 aliphatic carbocycles. The van der Waals surface area contributed by atoms with Crippen molar-refractivity contribution in [3.8, 4) is 5.75 Å². The van der Waals surface area contributed by atoms with Crippen LogP contribution >= 0.6 is 0 Å². The SMILES string of the molecule is Cc1cc(N2CCCCCC2)nc(Nc2ccc(OCc3ccccc3)cc2)n1. The number of aryl methyl sites for hydroxylation is 1. The van der Waals surface area contributed by atoms with Gasteiger partial charge in [0.05, 0.1) is 0 Å². The zero-order valence-corrected chi connectivity index (χ0v) is 17.0. The molecule has 0 amide bonds. The van der Waals surface area contributed by atoms with E-state index in [2.05, 4.69) is 33.4 Å². The molecule has 0 radical (unpaired) electrons. The highest BCUT2D eigenvalue weighted by atomic mass is 16.5. The van der Waals surface area contributed by atoms with Crippen molar-refractivity contribution in [2.75, 3.05) is 23.3 Å². The summed E-state index contributed by atoms with van der Waals surface area (Å²) in [6, 6.07) is 20.2. The van der Waals surface area contributed by atoms with Gasteiger partial charge in [-0.1, -0.05) is 43.2 Å². The maximum absolute atomic E-state index is 5.86. The molecular weight excluding hydrogens is 360 g/mol. The van der Waals surface area contributed by atoms with Gasteiger partial charge < -0.3 is 15.0 Å². The summed E-state index contributed by atoms with van der Waals surface area (Å²) in [5, 5.41) is 3.34. The Morgan fingerprint density at radius 2 is 1.62 bits per heavy atom. The second-order valence-electron chi connectivity index (χ2n) is 7.52. The molecule has 0 bridgehead atoms. The molecule has 5 heteroatoms. The minimum absolute atomic E-state index is 0.563. The highest BCUT2D eigenvalue weighted by Crippen LogP contribution is 2.23. The highest BCUT2D eigenvalue weighted by molar-refractivity contribution is 5.56. The number of ether oxygens (including phenoxy) is 1. The number of benzene rings is 2. The molecule has 0 atom stereocenters. The second kappa shape index (κ2) is 9.41. The van der Waals surface area contributed by atoms with Crippen LogP contribution in [0.5, 0.6) is 5.75 Å². The summed E-state index contributed by atoms with van der Waals surface area (Å²) in [4.78, 5) is 11.7. The van der Waals surface area contributed by atoms with E-state index in [4.69, 9.17) is 9.72 Å². The number of aromatic nitrogens is 2. The fourth-order valence-corrected chi connectivity index (χ4v) is 3.57. The Labute approximate surface area is 172 Å². The normalized spacial score (nSPS) is 14.3. The van der Waals surface area contributed by atoms with Crippen LogP contribution in [0.4, 0.5) is 17.5 Å². The fraction of sp³-hybridized carbons (Fsp3) is 0.333. The van der Waals surface area contributed by atoms with E-state index in [1.165, 1.54) is 25.7 Å². The fourth-order valence-electron chi connectivity index (χ4n) is 3.57. The predicted molar refractivity (Wildman–Crippen MR) is 118 cm³/mol. The van der Waals surface area contributed by atoms with Crippen molar-refractivity contribution < 1.29 is 4.74 Å². The molecule has 5 nitrogen and oxygen atoms in total. The van der Waals surface area contributed by atoms with Crippen LogP contribution in [0.25, 0.3) is 0 Å². The van der Waals surface area contributed by atoms with Crippen LogP contribution in [-0.4, -0.2) is 23.1 Å². The first-order valence-corrected chi connectivity index (χ1v) is 10.4. The lowest BCUT2D eigenvalue weighted by Crippen LogP contribution is -2.25. The van der Waals surface area contributed by atoms with Gasteiger partial charge in [-0.3, -0.25) is 0 Å². The summed E-state index contributed by atoms with van der Waals surface area (Å²) < 4.78 is 5.86. The Bertz CT molecular complexity index is 904. The Morgan fingerprint density at radius 3 is 2.34 bits per heavy atom. The van der Waals surface area contributed by atoms with Crippen LogP contribution in [-0.2, 0) is 6.61 Å². The van der Waals surface area contributed by atoms with Gasteiger partial charge in [-0.2, -0.15) is 4.98 Å². The summed E-state index contributed by atoms with van der Waals surface area (Å²) in [5.41, 5.74) is 3.08. The van der Waals surface area contributed by atoms with Gasteiger partial charge >= 0.3 is 0 Å². The van der Waals surface area contributed by atoms with Crippen LogP contribution in [0.15, 0.2) is 60.7 Å². The summed E-state index contributed by atoms with van der Waals surface area (Å²) in [6.45, 7) is 4.73. The minimum Gasteiger partial charge on any atom is -0.489 e. The van der Waals surface area contributed by atoms with Gasteiger partial charge in [0, 0.05) is 30.5 Å². The molecule has 0 saturated carbocycles. The quantitative estimate of drug-likeness (QED) is 0.605. The van der Waals surface area contributed by atoms with E-state index in [-0.39, 0.29) is 0 Å². The van der Waals surface area contributed by atoms with E-state index in [1.54, 1.807) is 0 Å². The molecule has 1 fully saturated rings. The summed E-state index contributed by atoms with van der Waals surface area (Å²) in [7, 11) is 0. The monoisotopic (exact) mass is 388 g/mol. The van der Waals surface area contributed by atoms with E-state index < -0.39 is 0 Å². The predicted octanol–water partition coefficient (Wildman–Crippen LogP) is 5.49. The van der Waals surface area contributed by atoms with Crippen LogP contribution in [0.2, 0.25) is 0 Å². The van der Waals surface area contributed by atoms with Gasteiger partial charge in [0.1, 0.15) is 18.2 Å². The summed E-state index contributed by atoms with van der Waals surface area (Å²) in [5.74, 6) is 2.50. The van der Waals surface area contributed by atoms with E-state index in [0.29, 0.717) is 12.6 Å². The maximum atomic E-state index is 5.86. The Hall–Kier alpha value is -3.08. The van der Waals surface area contributed by atoms with Crippen molar-refractivity contribution in [2.24, 2.45) is 0 Å². The smallest absolute Gasteiger partial charge is 0.229 e. The highest BCUT2D eigenvalue weighted by Gasteiger charge is 2.13. The Kier molecular flexibility index (Phi) is 6.25. The number of hydrogen-bond donors (Lipinski definition) is 1. The summed E-state index contributed by atoms with van der Waals surface area (Å²) >= 11 is 0. The van der Waals surface area contributed by atoms with Gasteiger partial charge in [0.25, 0.3) is 0 Å². The van der Waals surface area contributed by atoms with Gasteiger partial charge in [0.15, 0.2) is 0 Å². The topological polar surface area (TPSA) is 50.3 Å². The first kappa shape index (κ1) is 19.2. The largest absolute Gasteiger partial charge is 0.489 e. The van der Waals surface area contributed by atoms with Crippen LogP contribution < -0.4 is 15.0 Å². The first-order valence-electron chi connectivity index (χ1n) is 10.4. The zero-order valence-electron chi connectivity index (χ0n) is 17.0. The lowest BCUT2D eigenvalue weighted by Gasteiger charge is -2.22. The van der Waals surface area contributed by atoms with Crippen LogP contribution in [0, 0.1) is 6.92 Å².